The first-order valence-corrected chi connectivity index (χ1v) is 5.92. The van der Waals surface area contributed by atoms with Crippen molar-refractivity contribution in [3.8, 4) is 5.75 Å². The van der Waals surface area contributed by atoms with Gasteiger partial charge in [-0.05, 0) is 25.8 Å². The maximum atomic E-state index is 5.87. The van der Waals surface area contributed by atoms with Crippen LogP contribution < -0.4 is 15.8 Å². The van der Waals surface area contributed by atoms with Gasteiger partial charge in [0.05, 0.1) is 19.0 Å². The zero-order chi connectivity index (χ0) is 13.1. The van der Waals surface area contributed by atoms with Crippen molar-refractivity contribution in [3.63, 3.8) is 0 Å². The highest BCUT2D eigenvalue weighted by atomic mass is 16.5. The molecule has 0 radical (unpaired) electrons. The molecule has 1 unspecified atom stereocenters. The van der Waals surface area contributed by atoms with Crippen LogP contribution in [0.25, 0.3) is 0 Å². The Morgan fingerprint density at radius 1 is 1.53 bits per heavy atom. The standard InChI is InChI=1S/C13H23N3O/c1-9(2)13(4,8-14)16-11-6-10(3)15-7-12(11)17-5/h6-7,9H,8,14H2,1-5H3,(H,15,16). The molecule has 1 rings (SSSR count). The lowest BCUT2D eigenvalue weighted by Gasteiger charge is -2.35. The highest BCUT2D eigenvalue weighted by Crippen LogP contribution is 2.29. The smallest absolute Gasteiger partial charge is 0.160 e. The maximum absolute atomic E-state index is 5.87. The molecule has 0 amide bonds. The number of hydrogen-bond donors (Lipinski definition) is 2. The average Bonchev–Trinajstić information content (AvgIpc) is 2.29. The highest BCUT2D eigenvalue weighted by Gasteiger charge is 2.27. The Bertz CT molecular complexity index is 379. The summed E-state index contributed by atoms with van der Waals surface area (Å²) >= 11 is 0. The summed E-state index contributed by atoms with van der Waals surface area (Å²) in [4.78, 5) is 4.22. The largest absolute Gasteiger partial charge is 0.493 e. The Morgan fingerprint density at radius 3 is 2.65 bits per heavy atom. The lowest BCUT2D eigenvalue weighted by Crippen LogP contribution is -2.47. The number of nitrogens with two attached hydrogens (primary N) is 1. The summed E-state index contributed by atoms with van der Waals surface area (Å²) in [5, 5.41) is 3.47. The monoisotopic (exact) mass is 237 g/mol. The minimum absolute atomic E-state index is 0.152. The van der Waals surface area contributed by atoms with E-state index in [1.54, 1.807) is 13.3 Å². The number of nitrogens with one attached hydrogen (secondary N) is 1. The molecular formula is C13H23N3O. The molecule has 0 saturated heterocycles. The molecule has 17 heavy (non-hydrogen) atoms. The molecule has 3 N–H and O–H groups in total. The van der Waals surface area contributed by atoms with Gasteiger partial charge in [-0.2, -0.15) is 0 Å². The molecule has 1 aromatic heterocycles. The van der Waals surface area contributed by atoms with Crippen LogP contribution in [0.1, 0.15) is 26.5 Å². The topological polar surface area (TPSA) is 60.2 Å². The Kier molecular flexibility index (Phi) is 4.34. The van der Waals surface area contributed by atoms with E-state index in [2.05, 4.69) is 31.1 Å². The van der Waals surface area contributed by atoms with Gasteiger partial charge in [0.2, 0.25) is 0 Å². The lowest BCUT2D eigenvalue weighted by molar-refractivity contribution is 0.375. The Hall–Kier alpha value is -1.29. The Balaban J connectivity index is 3.04. The second-order valence-electron chi connectivity index (χ2n) is 4.93. The van der Waals surface area contributed by atoms with E-state index in [9.17, 15) is 0 Å². The third-order valence-corrected chi connectivity index (χ3v) is 3.34. The number of methoxy groups -OCH3 is 1. The first-order chi connectivity index (χ1) is 7.92. The van der Waals surface area contributed by atoms with Crippen molar-refractivity contribution in [1.82, 2.24) is 4.98 Å². The number of hydrogen-bond acceptors (Lipinski definition) is 4. The van der Waals surface area contributed by atoms with Crippen LogP contribution in [0.5, 0.6) is 5.75 Å². The van der Waals surface area contributed by atoms with E-state index in [4.69, 9.17) is 10.5 Å². The number of ether oxygens (including phenoxy) is 1. The van der Waals surface area contributed by atoms with E-state index in [-0.39, 0.29) is 5.54 Å². The number of aryl methyl sites for hydroxylation is 1. The summed E-state index contributed by atoms with van der Waals surface area (Å²) in [5.41, 5.74) is 7.62. The Labute approximate surface area is 104 Å². The SMILES string of the molecule is COc1cnc(C)cc1NC(C)(CN)C(C)C. The third-order valence-electron chi connectivity index (χ3n) is 3.34. The first kappa shape index (κ1) is 13.8. The van der Waals surface area contributed by atoms with Gasteiger partial charge in [-0.3, -0.25) is 4.98 Å². The number of aromatic nitrogens is 1. The zero-order valence-corrected chi connectivity index (χ0v) is 11.4. The molecule has 0 spiro atoms. The van der Waals surface area contributed by atoms with Crippen LogP contribution in [0.4, 0.5) is 5.69 Å². The van der Waals surface area contributed by atoms with Crippen LogP contribution in [0.3, 0.4) is 0 Å². The van der Waals surface area contributed by atoms with Crippen LogP contribution in [0.15, 0.2) is 12.3 Å². The van der Waals surface area contributed by atoms with E-state index in [1.807, 2.05) is 13.0 Å². The van der Waals surface area contributed by atoms with Crippen LogP contribution in [0, 0.1) is 12.8 Å². The molecule has 1 heterocycles. The fourth-order valence-corrected chi connectivity index (χ4v) is 1.55. The molecule has 0 fully saturated rings. The molecule has 0 saturated carbocycles. The predicted molar refractivity (Wildman–Crippen MR) is 71.4 cm³/mol. The van der Waals surface area contributed by atoms with Gasteiger partial charge in [-0.1, -0.05) is 13.8 Å². The molecule has 0 aliphatic heterocycles. The van der Waals surface area contributed by atoms with Crippen LogP contribution in [0.2, 0.25) is 0 Å². The van der Waals surface area contributed by atoms with Crippen LogP contribution in [-0.2, 0) is 0 Å². The summed E-state index contributed by atoms with van der Waals surface area (Å²) in [5.74, 6) is 1.17. The molecule has 4 heteroatoms. The van der Waals surface area contributed by atoms with Crippen molar-refractivity contribution in [3.05, 3.63) is 18.0 Å². The first-order valence-electron chi connectivity index (χ1n) is 5.92. The summed E-state index contributed by atoms with van der Waals surface area (Å²) in [6.07, 6.45) is 1.73. The molecule has 96 valence electrons. The quantitative estimate of drug-likeness (QED) is 0.824. The molecule has 1 atom stereocenters. The molecule has 0 aliphatic carbocycles. The fourth-order valence-electron chi connectivity index (χ4n) is 1.55. The van der Waals surface area contributed by atoms with Crippen molar-refractivity contribution < 1.29 is 4.74 Å². The number of anilines is 1. The maximum Gasteiger partial charge on any atom is 0.160 e. The molecule has 4 nitrogen and oxygen atoms in total. The van der Waals surface area contributed by atoms with Gasteiger partial charge in [0, 0.05) is 17.8 Å². The molecule has 0 bridgehead atoms. The van der Waals surface area contributed by atoms with Crippen molar-refractivity contribution in [2.24, 2.45) is 11.7 Å². The van der Waals surface area contributed by atoms with E-state index in [0.717, 1.165) is 17.1 Å². The van der Waals surface area contributed by atoms with Gasteiger partial charge in [0.1, 0.15) is 0 Å². The second kappa shape index (κ2) is 5.36. The average molecular weight is 237 g/mol. The molecule has 1 aromatic rings. The zero-order valence-electron chi connectivity index (χ0n) is 11.4. The summed E-state index contributed by atoms with van der Waals surface area (Å²) < 4.78 is 5.30. The number of pyridine rings is 1. The summed E-state index contributed by atoms with van der Waals surface area (Å²) in [7, 11) is 1.65. The Morgan fingerprint density at radius 2 is 2.18 bits per heavy atom. The minimum atomic E-state index is -0.152. The van der Waals surface area contributed by atoms with Crippen LogP contribution >= 0.6 is 0 Å². The van der Waals surface area contributed by atoms with Gasteiger partial charge in [-0.15, -0.1) is 0 Å². The lowest BCUT2D eigenvalue weighted by atomic mass is 9.88. The summed E-state index contributed by atoms with van der Waals surface area (Å²) in [6.45, 7) is 8.95. The van der Waals surface area contributed by atoms with Crippen LogP contribution in [-0.4, -0.2) is 24.2 Å². The van der Waals surface area contributed by atoms with E-state index in [0.29, 0.717) is 12.5 Å². The highest BCUT2D eigenvalue weighted by molar-refractivity contribution is 5.57. The van der Waals surface area contributed by atoms with Gasteiger partial charge in [0.15, 0.2) is 5.75 Å². The minimum Gasteiger partial charge on any atom is -0.493 e. The molecular weight excluding hydrogens is 214 g/mol. The normalized spacial score (nSPS) is 14.5. The van der Waals surface area contributed by atoms with Gasteiger partial charge >= 0.3 is 0 Å². The second-order valence-corrected chi connectivity index (χ2v) is 4.93. The van der Waals surface area contributed by atoms with Gasteiger partial charge in [0.25, 0.3) is 0 Å². The van der Waals surface area contributed by atoms with Crippen molar-refractivity contribution in [2.75, 3.05) is 19.0 Å². The molecule has 0 aliphatic rings. The van der Waals surface area contributed by atoms with Gasteiger partial charge in [-0.25, -0.2) is 0 Å². The molecule has 0 aromatic carbocycles. The number of nitrogens with zero attached hydrogens (tertiary/aromatic N) is 1. The summed E-state index contributed by atoms with van der Waals surface area (Å²) in [6, 6.07) is 1.98. The van der Waals surface area contributed by atoms with Crippen molar-refractivity contribution in [2.45, 2.75) is 33.2 Å². The predicted octanol–water partition coefficient (Wildman–Crippen LogP) is 2.18. The fraction of sp³-hybridized carbons (Fsp3) is 0.615. The third kappa shape index (κ3) is 3.09. The van der Waals surface area contributed by atoms with E-state index >= 15 is 0 Å². The van der Waals surface area contributed by atoms with Crippen molar-refractivity contribution >= 4 is 5.69 Å². The van der Waals surface area contributed by atoms with E-state index in [1.165, 1.54) is 0 Å². The number of rotatable bonds is 5. The van der Waals surface area contributed by atoms with E-state index < -0.39 is 0 Å². The van der Waals surface area contributed by atoms with Gasteiger partial charge < -0.3 is 15.8 Å². The van der Waals surface area contributed by atoms with Crippen molar-refractivity contribution in [1.29, 1.82) is 0 Å².